The number of piperazine rings is 1. The van der Waals surface area contributed by atoms with Gasteiger partial charge < -0.3 is 14.7 Å². The number of nitrogens with zero attached hydrogens (tertiary/aromatic N) is 4. The van der Waals surface area contributed by atoms with Crippen LogP contribution in [0.1, 0.15) is 10.4 Å². The predicted molar refractivity (Wildman–Crippen MR) is 75.3 cm³/mol. The maximum Gasteiger partial charge on any atom is 0.254 e. The molecule has 2 amide bonds. The van der Waals surface area contributed by atoms with Crippen LogP contribution < -0.4 is 0 Å². The Labute approximate surface area is 119 Å². The fraction of sp³-hybridized carbons (Fsp3) is 0.500. The highest BCUT2D eigenvalue weighted by molar-refractivity contribution is 5.97. The van der Waals surface area contributed by atoms with E-state index in [9.17, 15) is 9.59 Å². The van der Waals surface area contributed by atoms with Gasteiger partial charge in [-0.25, -0.2) is 0 Å². The minimum absolute atomic E-state index is 0.0426. The van der Waals surface area contributed by atoms with E-state index in [-0.39, 0.29) is 11.8 Å². The van der Waals surface area contributed by atoms with Crippen LogP contribution in [0.2, 0.25) is 0 Å². The van der Waals surface area contributed by atoms with E-state index in [4.69, 9.17) is 0 Å². The Balaban J connectivity index is 2.23. The van der Waals surface area contributed by atoms with Crippen molar-refractivity contribution in [2.75, 3.05) is 40.8 Å². The number of carbonyl (C=O) groups is 2. The highest BCUT2D eigenvalue weighted by Crippen LogP contribution is 2.14. The minimum atomic E-state index is -0.426. The standard InChI is InChI=1S/C14H20N4O2/c1-16(2)14(20)12-10-17(3)8-9-18(12)13(19)11-4-6-15-7-5-11/h4-7,12H,8-10H2,1-3H3. The summed E-state index contributed by atoms with van der Waals surface area (Å²) in [4.78, 5) is 34.0. The van der Waals surface area contributed by atoms with Gasteiger partial charge in [0.2, 0.25) is 5.91 Å². The van der Waals surface area contributed by atoms with Crippen molar-refractivity contribution < 1.29 is 9.59 Å². The number of hydrogen-bond acceptors (Lipinski definition) is 4. The molecule has 1 saturated heterocycles. The quantitative estimate of drug-likeness (QED) is 0.758. The number of amides is 2. The van der Waals surface area contributed by atoms with Gasteiger partial charge in [0.15, 0.2) is 0 Å². The van der Waals surface area contributed by atoms with Gasteiger partial charge >= 0.3 is 0 Å². The first-order valence-electron chi connectivity index (χ1n) is 6.61. The number of aromatic nitrogens is 1. The van der Waals surface area contributed by atoms with Crippen molar-refractivity contribution in [2.24, 2.45) is 0 Å². The molecule has 2 heterocycles. The second-order valence-corrected chi connectivity index (χ2v) is 5.25. The van der Waals surface area contributed by atoms with Crippen molar-refractivity contribution in [2.45, 2.75) is 6.04 Å². The number of rotatable bonds is 2. The van der Waals surface area contributed by atoms with Crippen LogP contribution in [0.3, 0.4) is 0 Å². The molecule has 1 atom stereocenters. The molecule has 1 aliphatic heterocycles. The lowest BCUT2D eigenvalue weighted by molar-refractivity contribution is -0.135. The zero-order valence-corrected chi connectivity index (χ0v) is 12.1. The fourth-order valence-electron chi connectivity index (χ4n) is 2.33. The second kappa shape index (κ2) is 6.00. The van der Waals surface area contributed by atoms with E-state index in [1.54, 1.807) is 43.5 Å². The van der Waals surface area contributed by atoms with E-state index in [1.165, 1.54) is 4.90 Å². The third-order valence-corrected chi connectivity index (χ3v) is 3.50. The summed E-state index contributed by atoms with van der Waals surface area (Å²) in [6.45, 7) is 1.89. The summed E-state index contributed by atoms with van der Waals surface area (Å²) in [5.74, 6) is -0.153. The molecule has 1 aromatic rings. The third kappa shape index (κ3) is 2.96. The normalized spacial score (nSPS) is 19.8. The molecule has 0 aromatic carbocycles. The van der Waals surface area contributed by atoms with Crippen LogP contribution in [-0.4, -0.2) is 78.3 Å². The predicted octanol–water partition coefficient (Wildman–Crippen LogP) is -0.0740. The van der Waals surface area contributed by atoms with Gasteiger partial charge in [-0.2, -0.15) is 0 Å². The Morgan fingerprint density at radius 1 is 1.25 bits per heavy atom. The van der Waals surface area contributed by atoms with E-state index < -0.39 is 6.04 Å². The van der Waals surface area contributed by atoms with Crippen LogP contribution in [-0.2, 0) is 4.79 Å². The lowest BCUT2D eigenvalue weighted by Gasteiger charge is -2.40. The van der Waals surface area contributed by atoms with Crippen molar-refractivity contribution in [3.63, 3.8) is 0 Å². The third-order valence-electron chi connectivity index (χ3n) is 3.50. The van der Waals surface area contributed by atoms with Crippen LogP contribution in [0.5, 0.6) is 0 Å². The van der Waals surface area contributed by atoms with E-state index in [2.05, 4.69) is 9.88 Å². The number of carbonyl (C=O) groups excluding carboxylic acids is 2. The molecule has 1 aliphatic rings. The molecule has 0 bridgehead atoms. The van der Waals surface area contributed by atoms with Gasteiger partial charge in [-0.1, -0.05) is 0 Å². The van der Waals surface area contributed by atoms with E-state index in [0.717, 1.165) is 6.54 Å². The first kappa shape index (κ1) is 14.5. The maximum absolute atomic E-state index is 12.6. The molecule has 1 unspecified atom stereocenters. The average molecular weight is 276 g/mol. The number of hydrogen-bond donors (Lipinski definition) is 0. The van der Waals surface area contributed by atoms with Gasteiger partial charge in [0.25, 0.3) is 5.91 Å². The van der Waals surface area contributed by atoms with Gasteiger partial charge in [0, 0.05) is 51.7 Å². The molecule has 0 aliphatic carbocycles. The van der Waals surface area contributed by atoms with Crippen LogP contribution >= 0.6 is 0 Å². The Morgan fingerprint density at radius 2 is 1.90 bits per heavy atom. The Hall–Kier alpha value is -1.95. The second-order valence-electron chi connectivity index (χ2n) is 5.25. The zero-order chi connectivity index (χ0) is 14.7. The summed E-state index contributed by atoms with van der Waals surface area (Å²) in [6, 6.07) is 2.93. The highest BCUT2D eigenvalue weighted by atomic mass is 16.2. The summed E-state index contributed by atoms with van der Waals surface area (Å²) >= 11 is 0. The smallest absolute Gasteiger partial charge is 0.254 e. The van der Waals surface area contributed by atoms with Crippen LogP contribution in [0, 0.1) is 0 Å². The topological polar surface area (TPSA) is 56.8 Å². The van der Waals surface area contributed by atoms with Gasteiger partial charge in [0.05, 0.1) is 0 Å². The molecule has 0 N–H and O–H groups in total. The Morgan fingerprint density at radius 3 is 2.50 bits per heavy atom. The molecule has 6 heteroatoms. The molecule has 108 valence electrons. The number of pyridine rings is 1. The molecule has 6 nitrogen and oxygen atoms in total. The first-order chi connectivity index (χ1) is 9.50. The van der Waals surface area contributed by atoms with E-state index in [0.29, 0.717) is 18.7 Å². The molecule has 0 radical (unpaired) electrons. The molecule has 1 fully saturated rings. The monoisotopic (exact) mass is 276 g/mol. The van der Waals surface area contributed by atoms with Crippen LogP contribution in [0.25, 0.3) is 0 Å². The number of likely N-dealkylation sites (N-methyl/N-ethyl adjacent to an activating group) is 2. The van der Waals surface area contributed by atoms with Crippen LogP contribution in [0.15, 0.2) is 24.5 Å². The molecule has 0 spiro atoms. The lowest BCUT2D eigenvalue weighted by Crippen LogP contribution is -2.59. The van der Waals surface area contributed by atoms with Gasteiger partial charge in [-0.15, -0.1) is 0 Å². The summed E-state index contributed by atoms with van der Waals surface area (Å²) in [5.41, 5.74) is 0.570. The Kier molecular flexibility index (Phi) is 4.34. The Bertz CT molecular complexity index is 489. The van der Waals surface area contributed by atoms with Crippen molar-refractivity contribution >= 4 is 11.8 Å². The molecule has 1 aromatic heterocycles. The van der Waals surface area contributed by atoms with Crippen molar-refractivity contribution in [3.8, 4) is 0 Å². The lowest BCUT2D eigenvalue weighted by atomic mass is 10.1. The van der Waals surface area contributed by atoms with E-state index in [1.807, 2.05) is 7.05 Å². The minimum Gasteiger partial charge on any atom is -0.347 e. The van der Waals surface area contributed by atoms with Crippen molar-refractivity contribution in [3.05, 3.63) is 30.1 Å². The first-order valence-corrected chi connectivity index (χ1v) is 6.61. The van der Waals surface area contributed by atoms with Gasteiger partial charge in [0.1, 0.15) is 6.04 Å². The van der Waals surface area contributed by atoms with Crippen molar-refractivity contribution in [1.29, 1.82) is 0 Å². The van der Waals surface area contributed by atoms with Gasteiger partial charge in [-0.05, 0) is 19.2 Å². The van der Waals surface area contributed by atoms with Crippen LogP contribution in [0.4, 0.5) is 0 Å². The summed E-state index contributed by atoms with van der Waals surface area (Å²) in [5, 5.41) is 0. The largest absolute Gasteiger partial charge is 0.347 e. The summed E-state index contributed by atoms with van der Waals surface area (Å²) in [7, 11) is 5.39. The average Bonchev–Trinajstić information content (AvgIpc) is 2.46. The molecule has 0 saturated carbocycles. The summed E-state index contributed by atoms with van der Waals surface area (Å²) in [6.07, 6.45) is 3.18. The highest BCUT2D eigenvalue weighted by Gasteiger charge is 2.35. The fourth-order valence-corrected chi connectivity index (χ4v) is 2.33. The molecular weight excluding hydrogens is 256 g/mol. The SMILES string of the molecule is CN1CCN(C(=O)c2ccncc2)C(C(=O)N(C)C)C1. The van der Waals surface area contributed by atoms with E-state index >= 15 is 0 Å². The van der Waals surface area contributed by atoms with Gasteiger partial charge in [-0.3, -0.25) is 14.6 Å². The summed E-state index contributed by atoms with van der Waals surface area (Å²) < 4.78 is 0. The molecular formula is C14H20N4O2. The maximum atomic E-state index is 12.6. The molecule has 20 heavy (non-hydrogen) atoms. The van der Waals surface area contributed by atoms with Crippen molar-refractivity contribution in [1.82, 2.24) is 19.7 Å². The molecule has 2 rings (SSSR count). The zero-order valence-electron chi connectivity index (χ0n) is 12.1.